The van der Waals surface area contributed by atoms with E-state index in [-0.39, 0.29) is 0 Å². The summed E-state index contributed by atoms with van der Waals surface area (Å²) in [4.78, 5) is 4.57. The van der Waals surface area contributed by atoms with Crippen molar-refractivity contribution in [2.24, 2.45) is 0 Å². The molecule has 0 aromatic carbocycles. The first kappa shape index (κ1) is 9.88. The van der Waals surface area contributed by atoms with E-state index in [9.17, 15) is 0 Å². The van der Waals surface area contributed by atoms with Crippen LogP contribution in [0.3, 0.4) is 0 Å². The Morgan fingerprint density at radius 1 is 1.25 bits per heavy atom. The number of pyridine rings is 1. The third-order valence-corrected chi connectivity index (χ3v) is 3.59. The second kappa shape index (κ2) is 3.62. The van der Waals surface area contributed by atoms with Crippen molar-refractivity contribution in [1.29, 1.82) is 0 Å². The standard InChI is InChI=1S/C14H18N2/c1-10(2)16-13-8-4-3-6-11(13)12-7-5-9-15-14(12)16/h5,7,9-10H,3-4,6,8H2,1-2H3. The second-order valence-corrected chi connectivity index (χ2v) is 4.97. The van der Waals surface area contributed by atoms with Crippen LogP contribution >= 0.6 is 0 Å². The van der Waals surface area contributed by atoms with E-state index in [0.29, 0.717) is 6.04 Å². The summed E-state index contributed by atoms with van der Waals surface area (Å²) in [7, 11) is 0. The van der Waals surface area contributed by atoms with Gasteiger partial charge in [-0.05, 0) is 57.2 Å². The van der Waals surface area contributed by atoms with E-state index in [4.69, 9.17) is 0 Å². The van der Waals surface area contributed by atoms with Gasteiger partial charge >= 0.3 is 0 Å². The van der Waals surface area contributed by atoms with E-state index < -0.39 is 0 Å². The van der Waals surface area contributed by atoms with Crippen molar-refractivity contribution in [3.05, 3.63) is 29.6 Å². The van der Waals surface area contributed by atoms with Crippen molar-refractivity contribution in [2.75, 3.05) is 0 Å². The highest BCUT2D eigenvalue weighted by atomic mass is 15.1. The third-order valence-electron chi connectivity index (χ3n) is 3.59. The van der Waals surface area contributed by atoms with Crippen molar-refractivity contribution < 1.29 is 0 Å². The van der Waals surface area contributed by atoms with Gasteiger partial charge in [0.05, 0.1) is 0 Å². The van der Waals surface area contributed by atoms with E-state index in [2.05, 4.69) is 35.5 Å². The van der Waals surface area contributed by atoms with Gasteiger partial charge in [0.25, 0.3) is 0 Å². The molecule has 2 aromatic heterocycles. The van der Waals surface area contributed by atoms with Crippen LogP contribution in [0.15, 0.2) is 18.3 Å². The molecule has 2 heterocycles. The monoisotopic (exact) mass is 214 g/mol. The molecule has 0 bridgehead atoms. The number of hydrogen-bond acceptors (Lipinski definition) is 1. The zero-order valence-corrected chi connectivity index (χ0v) is 10.0. The van der Waals surface area contributed by atoms with Crippen LogP contribution in [0, 0.1) is 0 Å². The molecule has 0 aliphatic heterocycles. The van der Waals surface area contributed by atoms with Gasteiger partial charge in [-0.25, -0.2) is 4.98 Å². The van der Waals surface area contributed by atoms with E-state index in [1.54, 1.807) is 5.56 Å². The molecule has 0 N–H and O–H groups in total. The first-order chi connectivity index (χ1) is 7.79. The molecule has 2 aromatic rings. The second-order valence-electron chi connectivity index (χ2n) is 4.97. The van der Waals surface area contributed by atoms with Crippen LogP contribution in [0.2, 0.25) is 0 Å². The Morgan fingerprint density at radius 3 is 2.88 bits per heavy atom. The summed E-state index contributed by atoms with van der Waals surface area (Å²) in [6.07, 6.45) is 7.03. The Balaban J connectivity index is 2.37. The molecular formula is C14H18N2. The quantitative estimate of drug-likeness (QED) is 0.710. The molecule has 0 amide bonds. The van der Waals surface area contributed by atoms with Crippen LogP contribution in [-0.2, 0) is 12.8 Å². The maximum Gasteiger partial charge on any atom is 0.140 e. The highest BCUT2D eigenvalue weighted by Crippen LogP contribution is 2.33. The Labute approximate surface area is 96.3 Å². The summed E-state index contributed by atoms with van der Waals surface area (Å²) in [6.45, 7) is 4.51. The SMILES string of the molecule is CC(C)n1c2c(c3cccnc31)CCCC2. The molecule has 84 valence electrons. The highest BCUT2D eigenvalue weighted by molar-refractivity contribution is 5.82. The fourth-order valence-corrected chi connectivity index (χ4v) is 2.95. The zero-order valence-electron chi connectivity index (χ0n) is 10.0. The number of aromatic nitrogens is 2. The van der Waals surface area contributed by atoms with Crippen LogP contribution in [0.25, 0.3) is 11.0 Å². The van der Waals surface area contributed by atoms with E-state index in [1.807, 2.05) is 6.20 Å². The smallest absolute Gasteiger partial charge is 0.140 e. The molecular weight excluding hydrogens is 196 g/mol. The Hall–Kier alpha value is -1.31. The molecule has 3 rings (SSSR count). The highest BCUT2D eigenvalue weighted by Gasteiger charge is 2.21. The van der Waals surface area contributed by atoms with Gasteiger partial charge in [-0.2, -0.15) is 0 Å². The fraction of sp³-hybridized carbons (Fsp3) is 0.500. The fourth-order valence-electron chi connectivity index (χ4n) is 2.95. The van der Waals surface area contributed by atoms with E-state index in [0.717, 1.165) is 0 Å². The molecule has 0 fully saturated rings. The number of nitrogens with zero attached hydrogens (tertiary/aromatic N) is 2. The lowest BCUT2D eigenvalue weighted by Crippen LogP contribution is -2.10. The minimum absolute atomic E-state index is 0.513. The first-order valence-electron chi connectivity index (χ1n) is 6.25. The molecule has 0 spiro atoms. The van der Waals surface area contributed by atoms with Gasteiger partial charge in [0.15, 0.2) is 0 Å². The van der Waals surface area contributed by atoms with E-state index >= 15 is 0 Å². The van der Waals surface area contributed by atoms with Gasteiger partial charge in [-0.1, -0.05) is 0 Å². The van der Waals surface area contributed by atoms with Crippen molar-refractivity contribution in [1.82, 2.24) is 9.55 Å². The van der Waals surface area contributed by atoms with Crippen LogP contribution in [0.4, 0.5) is 0 Å². The molecule has 16 heavy (non-hydrogen) atoms. The minimum atomic E-state index is 0.513. The molecule has 0 unspecified atom stereocenters. The molecule has 0 radical (unpaired) electrons. The summed E-state index contributed by atoms with van der Waals surface area (Å²) in [6, 6.07) is 4.80. The maximum absolute atomic E-state index is 4.57. The first-order valence-corrected chi connectivity index (χ1v) is 6.25. The molecule has 1 aliphatic rings. The van der Waals surface area contributed by atoms with Crippen LogP contribution in [-0.4, -0.2) is 9.55 Å². The summed E-state index contributed by atoms with van der Waals surface area (Å²) < 4.78 is 2.43. The average molecular weight is 214 g/mol. The molecule has 0 saturated heterocycles. The number of fused-ring (bicyclic) bond motifs is 3. The normalized spacial score (nSPS) is 15.7. The molecule has 1 aliphatic carbocycles. The van der Waals surface area contributed by atoms with Crippen LogP contribution < -0.4 is 0 Å². The minimum Gasteiger partial charge on any atom is -0.327 e. The van der Waals surface area contributed by atoms with E-state index in [1.165, 1.54) is 42.4 Å². The third kappa shape index (κ3) is 1.29. The summed E-state index contributed by atoms with van der Waals surface area (Å²) >= 11 is 0. The average Bonchev–Trinajstić information content (AvgIpc) is 2.63. The van der Waals surface area contributed by atoms with Crippen LogP contribution in [0.1, 0.15) is 44.0 Å². The Morgan fingerprint density at radius 2 is 2.06 bits per heavy atom. The Kier molecular flexibility index (Phi) is 2.23. The predicted molar refractivity (Wildman–Crippen MR) is 66.8 cm³/mol. The maximum atomic E-state index is 4.57. The number of hydrogen-bond donors (Lipinski definition) is 0. The van der Waals surface area contributed by atoms with Crippen molar-refractivity contribution >= 4 is 11.0 Å². The lowest BCUT2D eigenvalue weighted by Gasteiger charge is -2.18. The topological polar surface area (TPSA) is 17.8 Å². The van der Waals surface area contributed by atoms with Gasteiger partial charge < -0.3 is 4.57 Å². The number of aryl methyl sites for hydroxylation is 1. The van der Waals surface area contributed by atoms with Gasteiger partial charge in [-0.3, -0.25) is 0 Å². The summed E-state index contributed by atoms with van der Waals surface area (Å²) in [5.41, 5.74) is 4.28. The lowest BCUT2D eigenvalue weighted by atomic mass is 9.96. The molecule has 2 heteroatoms. The summed E-state index contributed by atoms with van der Waals surface area (Å²) in [5, 5.41) is 1.38. The van der Waals surface area contributed by atoms with Gasteiger partial charge in [0.2, 0.25) is 0 Å². The van der Waals surface area contributed by atoms with Crippen molar-refractivity contribution in [3.8, 4) is 0 Å². The van der Waals surface area contributed by atoms with Crippen molar-refractivity contribution in [3.63, 3.8) is 0 Å². The number of rotatable bonds is 1. The van der Waals surface area contributed by atoms with Gasteiger partial charge in [0.1, 0.15) is 5.65 Å². The van der Waals surface area contributed by atoms with Gasteiger partial charge in [0, 0.05) is 23.3 Å². The largest absolute Gasteiger partial charge is 0.327 e. The molecule has 0 saturated carbocycles. The Bertz CT molecular complexity index is 523. The van der Waals surface area contributed by atoms with Crippen LogP contribution in [0.5, 0.6) is 0 Å². The summed E-state index contributed by atoms with van der Waals surface area (Å²) in [5.74, 6) is 0. The van der Waals surface area contributed by atoms with Crippen molar-refractivity contribution in [2.45, 2.75) is 45.6 Å². The predicted octanol–water partition coefficient (Wildman–Crippen LogP) is 3.50. The lowest BCUT2D eigenvalue weighted by molar-refractivity contribution is 0.558. The molecule has 0 atom stereocenters. The zero-order chi connectivity index (χ0) is 11.1. The molecule has 2 nitrogen and oxygen atoms in total. The van der Waals surface area contributed by atoms with Gasteiger partial charge in [-0.15, -0.1) is 0 Å².